The van der Waals surface area contributed by atoms with Gasteiger partial charge in [-0.25, -0.2) is 0 Å². The highest BCUT2D eigenvalue weighted by molar-refractivity contribution is 7.71. The van der Waals surface area contributed by atoms with Gasteiger partial charge in [0.1, 0.15) is 5.82 Å². The van der Waals surface area contributed by atoms with E-state index >= 15 is 0 Å². The van der Waals surface area contributed by atoms with Gasteiger partial charge < -0.3 is 4.57 Å². The van der Waals surface area contributed by atoms with Crippen LogP contribution in [0.5, 0.6) is 0 Å². The molecule has 1 saturated carbocycles. The lowest BCUT2D eigenvalue weighted by Crippen LogP contribution is -2.20. The molecule has 0 aromatic carbocycles. The first kappa shape index (κ1) is 12.8. The van der Waals surface area contributed by atoms with Gasteiger partial charge in [-0.05, 0) is 43.8 Å². The number of hydrogen-bond donors (Lipinski definition) is 1. The summed E-state index contributed by atoms with van der Waals surface area (Å²) in [6.07, 6.45) is 6.51. The third-order valence-corrected chi connectivity index (χ3v) is 4.29. The van der Waals surface area contributed by atoms with Crippen LogP contribution in [0.25, 0.3) is 0 Å². The molecule has 1 aromatic rings. The molecule has 1 aromatic heterocycles. The van der Waals surface area contributed by atoms with Crippen molar-refractivity contribution in [3.8, 4) is 0 Å². The van der Waals surface area contributed by atoms with Gasteiger partial charge in [-0.3, -0.25) is 5.10 Å². The number of aromatic nitrogens is 3. The molecule has 2 rings (SSSR count). The van der Waals surface area contributed by atoms with E-state index in [0.717, 1.165) is 16.5 Å². The SMILES string of the molecule is CCC1CCC(n2c(C(C)C)n[nH]c2=S)CC1. The Labute approximate surface area is 109 Å². The maximum atomic E-state index is 5.38. The van der Waals surface area contributed by atoms with E-state index < -0.39 is 0 Å². The van der Waals surface area contributed by atoms with Crippen LogP contribution < -0.4 is 0 Å². The molecule has 3 nitrogen and oxygen atoms in total. The monoisotopic (exact) mass is 253 g/mol. The van der Waals surface area contributed by atoms with Crippen LogP contribution >= 0.6 is 12.2 Å². The molecule has 0 spiro atoms. The van der Waals surface area contributed by atoms with Gasteiger partial charge in [-0.2, -0.15) is 5.10 Å². The average molecular weight is 253 g/mol. The first-order valence-corrected chi connectivity index (χ1v) is 7.21. The largest absolute Gasteiger partial charge is 0.301 e. The molecule has 0 bridgehead atoms. The molecular weight excluding hydrogens is 230 g/mol. The fourth-order valence-corrected chi connectivity index (χ4v) is 3.18. The van der Waals surface area contributed by atoms with Gasteiger partial charge in [-0.1, -0.05) is 27.2 Å². The zero-order valence-corrected chi connectivity index (χ0v) is 11.9. The van der Waals surface area contributed by atoms with Crippen molar-refractivity contribution >= 4 is 12.2 Å². The minimum atomic E-state index is 0.437. The van der Waals surface area contributed by atoms with E-state index in [-0.39, 0.29) is 0 Å². The topological polar surface area (TPSA) is 33.6 Å². The van der Waals surface area contributed by atoms with Crippen LogP contribution in [0.15, 0.2) is 0 Å². The average Bonchev–Trinajstić information content (AvgIpc) is 2.71. The van der Waals surface area contributed by atoms with Gasteiger partial charge in [0.15, 0.2) is 4.77 Å². The predicted molar refractivity (Wildman–Crippen MR) is 72.8 cm³/mol. The maximum Gasteiger partial charge on any atom is 0.195 e. The molecule has 1 aliphatic carbocycles. The lowest BCUT2D eigenvalue weighted by Gasteiger charge is -2.29. The standard InChI is InChI=1S/C13H23N3S/c1-4-10-5-7-11(8-6-10)16-12(9(2)3)14-15-13(16)17/h9-11H,4-8H2,1-3H3,(H,15,17). The molecule has 0 radical (unpaired) electrons. The molecule has 96 valence electrons. The fourth-order valence-electron chi connectivity index (χ4n) is 2.89. The summed E-state index contributed by atoms with van der Waals surface area (Å²) in [5.74, 6) is 2.48. The summed E-state index contributed by atoms with van der Waals surface area (Å²) in [6.45, 7) is 6.66. The molecule has 1 heterocycles. The van der Waals surface area contributed by atoms with E-state index in [1.165, 1.54) is 32.1 Å². The molecule has 1 N–H and O–H groups in total. The molecule has 1 fully saturated rings. The summed E-state index contributed by atoms with van der Waals surface area (Å²) >= 11 is 5.38. The minimum absolute atomic E-state index is 0.437. The Morgan fingerprint density at radius 2 is 2.00 bits per heavy atom. The molecule has 0 amide bonds. The second kappa shape index (κ2) is 5.34. The van der Waals surface area contributed by atoms with Crippen molar-refractivity contribution < 1.29 is 0 Å². The number of nitrogens with zero attached hydrogens (tertiary/aromatic N) is 2. The molecule has 0 aliphatic heterocycles. The van der Waals surface area contributed by atoms with E-state index in [9.17, 15) is 0 Å². The zero-order chi connectivity index (χ0) is 12.4. The third kappa shape index (κ3) is 2.62. The summed E-state index contributed by atoms with van der Waals surface area (Å²) in [5, 5.41) is 7.33. The summed E-state index contributed by atoms with van der Waals surface area (Å²) in [4.78, 5) is 0. The number of aromatic amines is 1. The van der Waals surface area contributed by atoms with Crippen LogP contribution in [0.1, 0.15) is 70.7 Å². The Morgan fingerprint density at radius 1 is 1.35 bits per heavy atom. The van der Waals surface area contributed by atoms with E-state index in [4.69, 9.17) is 12.2 Å². The van der Waals surface area contributed by atoms with Crippen molar-refractivity contribution in [1.82, 2.24) is 14.8 Å². The van der Waals surface area contributed by atoms with Crippen molar-refractivity contribution in [3.63, 3.8) is 0 Å². The summed E-state index contributed by atoms with van der Waals surface area (Å²) < 4.78 is 3.07. The second-order valence-electron chi connectivity index (χ2n) is 5.49. The van der Waals surface area contributed by atoms with Gasteiger partial charge in [0.25, 0.3) is 0 Å². The molecule has 0 saturated heterocycles. The van der Waals surface area contributed by atoms with Crippen molar-refractivity contribution in [2.75, 3.05) is 0 Å². The molecule has 17 heavy (non-hydrogen) atoms. The van der Waals surface area contributed by atoms with Crippen LogP contribution in [0.3, 0.4) is 0 Å². The van der Waals surface area contributed by atoms with E-state index in [0.29, 0.717) is 12.0 Å². The highest BCUT2D eigenvalue weighted by Crippen LogP contribution is 2.35. The number of rotatable bonds is 3. The first-order valence-electron chi connectivity index (χ1n) is 6.80. The van der Waals surface area contributed by atoms with Crippen LogP contribution in [0.4, 0.5) is 0 Å². The number of H-pyrrole nitrogens is 1. The van der Waals surface area contributed by atoms with Crippen molar-refractivity contribution in [2.24, 2.45) is 5.92 Å². The molecular formula is C13H23N3S. The zero-order valence-electron chi connectivity index (χ0n) is 11.1. The lowest BCUT2D eigenvalue weighted by molar-refractivity contribution is 0.263. The van der Waals surface area contributed by atoms with Crippen LogP contribution in [0.2, 0.25) is 0 Å². The van der Waals surface area contributed by atoms with Crippen LogP contribution in [-0.4, -0.2) is 14.8 Å². The summed E-state index contributed by atoms with van der Waals surface area (Å²) in [6, 6.07) is 0.571. The quantitative estimate of drug-likeness (QED) is 0.819. The van der Waals surface area contributed by atoms with E-state index in [2.05, 4.69) is 35.5 Å². The van der Waals surface area contributed by atoms with Gasteiger partial charge in [0, 0.05) is 12.0 Å². The lowest BCUT2D eigenvalue weighted by atomic mass is 9.84. The Balaban J connectivity index is 2.18. The third-order valence-electron chi connectivity index (χ3n) is 4.01. The predicted octanol–water partition coefficient (Wildman–Crippen LogP) is 4.21. The van der Waals surface area contributed by atoms with Crippen LogP contribution in [-0.2, 0) is 0 Å². The first-order chi connectivity index (χ1) is 8.13. The maximum absolute atomic E-state index is 5.38. The summed E-state index contributed by atoms with van der Waals surface area (Å²) in [7, 11) is 0. The van der Waals surface area contributed by atoms with Gasteiger partial charge >= 0.3 is 0 Å². The van der Waals surface area contributed by atoms with Crippen molar-refractivity contribution in [1.29, 1.82) is 0 Å². The van der Waals surface area contributed by atoms with Gasteiger partial charge in [-0.15, -0.1) is 0 Å². The summed E-state index contributed by atoms with van der Waals surface area (Å²) in [5.41, 5.74) is 0. The minimum Gasteiger partial charge on any atom is -0.301 e. The van der Waals surface area contributed by atoms with Crippen molar-refractivity contribution in [3.05, 3.63) is 10.6 Å². The van der Waals surface area contributed by atoms with Crippen molar-refractivity contribution in [2.45, 2.75) is 64.8 Å². The Hall–Kier alpha value is -0.640. The Kier molecular flexibility index (Phi) is 4.02. The number of nitrogens with one attached hydrogen (secondary N) is 1. The van der Waals surface area contributed by atoms with E-state index in [1.54, 1.807) is 0 Å². The van der Waals surface area contributed by atoms with Crippen LogP contribution in [0, 0.1) is 10.7 Å². The smallest absolute Gasteiger partial charge is 0.195 e. The Bertz CT molecular complexity index is 411. The second-order valence-corrected chi connectivity index (χ2v) is 5.88. The fraction of sp³-hybridized carbons (Fsp3) is 0.846. The van der Waals surface area contributed by atoms with Gasteiger partial charge in [0.2, 0.25) is 0 Å². The molecule has 1 aliphatic rings. The Morgan fingerprint density at radius 3 is 2.53 bits per heavy atom. The number of hydrogen-bond acceptors (Lipinski definition) is 2. The van der Waals surface area contributed by atoms with Gasteiger partial charge in [0.05, 0.1) is 0 Å². The molecule has 4 heteroatoms. The van der Waals surface area contributed by atoms with E-state index in [1.807, 2.05) is 0 Å². The normalized spacial score (nSPS) is 25.4. The highest BCUT2D eigenvalue weighted by atomic mass is 32.1. The molecule has 0 atom stereocenters. The molecule has 0 unspecified atom stereocenters. The highest BCUT2D eigenvalue weighted by Gasteiger charge is 2.24.